The first-order chi connectivity index (χ1) is 11.0. The van der Waals surface area contributed by atoms with E-state index in [0.717, 1.165) is 0 Å². The van der Waals surface area contributed by atoms with Crippen molar-refractivity contribution >= 4 is 11.8 Å². The highest BCUT2D eigenvalue weighted by Crippen LogP contribution is 2.12. The van der Waals surface area contributed by atoms with Crippen molar-refractivity contribution in [2.75, 3.05) is 26.2 Å². The van der Waals surface area contributed by atoms with Gasteiger partial charge in [0.1, 0.15) is 5.82 Å². The summed E-state index contributed by atoms with van der Waals surface area (Å²) >= 11 is 0. The van der Waals surface area contributed by atoms with E-state index in [1.165, 1.54) is 24.4 Å². The van der Waals surface area contributed by atoms with Crippen LogP contribution in [0, 0.1) is 5.82 Å². The maximum absolute atomic E-state index is 13.2. The highest BCUT2D eigenvalue weighted by molar-refractivity contribution is 5.95. The molecular formula is C16H17FN4O2. The van der Waals surface area contributed by atoms with Crippen molar-refractivity contribution in [2.24, 2.45) is 7.05 Å². The average molecular weight is 316 g/mol. The SMILES string of the molecule is Cn1cc(C(=O)N2CCN(C(=O)c3cccc(F)c3)CC2)cn1. The third-order valence-corrected chi connectivity index (χ3v) is 3.88. The molecule has 7 heteroatoms. The normalized spacial score (nSPS) is 14.9. The Morgan fingerprint density at radius 3 is 2.17 bits per heavy atom. The van der Waals surface area contributed by atoms with E-state index >= 15 is 0 Å². The summed E-state index contributed by atoms with van der Waals surface area (Å²) in [5.41, 5.74) is 0.870. The van der Waals surface area contributed by atoms with Crippen molar-refractivity contribution in [3.05, 3.63) is 53.6 Å². The fourth-order valence-corrected chi connectivity index (χ4v) is 2.63. The van der Waals surface area contributed by atoms with Crippen molar-refractivity contribution in [3.8, 4) is 0 Å². The van der Waals surface area contributed by atoms with Gasteiger partial charge >= 0.3 is 0 Å². The summed E-state index contributed by atoms with van der Waals surface area (Å²) in [6.45, 7) is 1.77. The molecule has 23 heavy (non-hydrogen) atoms. The van der Waals surface area contributed by atoms with Crippen LogP contribution < -0.4 is 0 Å². The van der Waals surface area contributed by atoms with E-state index < -0.39 is 5.82 Å². The zero-order valence-corrected chi connectivity index (χ0v) is 12.8. The van der Waals surface area contributed by atoms with Gasteiger partial charge in [0.05, 0.1) is 11.8 Å². The van der Waals surface area contributed by atoms with Gasteiger partial charge in [0.15, 0.2) is 0 Å². The van der Waals surface area contributed by atoms with Gasteiger partial charge in [-0.05, 0) is 18.2 Å². The molecule has 3 rings (SSSR count). The molecular weight excluding hydrogens is 299 g/mol. The number of hydrogen-bond acceptors (Lipinski definition) is 3. The molecule has 1 saturated heterocycles. The molecule has 1 aliphatic rings. The standard InChI is InChI=1S/C16H17FN4O2/c1-19-11-13(10-18-19)16(23)21-7-5-20(6-8-21)15(22)12-3-2-4-14(17)9-12/h2-4,9-11H,5-8H2,1H3. The highest BCUT2D eigenvalue weighted by Gasteiger charge is 2.26. The molecule has 2 amide bonds. The summed E-state index contributed by atoms with van der Waals surface area (Å²) in [5, 5.41) is 3.99. The van der Waals surface area contributed by atoms with Gasteiger partial charge in [0.25, 0.3) is 11.8 Å². The van der Waals surface area contributed by atoms with Crippen LogP contribution in [0.4, 0.5) is 4.39 Å². The maximum Gasteiger partial charge on any atom is 0.257 e. The molecule has 2 aromatic rings. The summed E-state index contributed by atoms with van der Waals surface area (Å²) in [4.78, 5) is 28.0. The summed E-state index contributed by atoms with van der Waals surface area (Å²) in [6, 6.07) is 5.65. The molecule has 0 unspecified atom stereocenters. The molecule has 0 bridgehead atoms. The zero-order chi connectivity index (χ0) is 16.4. The second kappa shape index (κ2) is 6.20. The molecule has 1 aromatic carbocycles. The van der Waals surface area contributed by atoms with E-state index in [-0.39, 0.29) is 11.8 Å². The molecule has 0 saturated carbocycles. The second-order valence-electron chi connectivity index (χ2n) is 5.50. The van der Waals surface area contributed by atoms with E-state index in [1.54, 1.807) is 33.8 Å². The number of carbonyl (C=O) groups excluding carboxylic acids is 2. The molecule has 1 fully saturated rings. The lowest BCUT2D eigenvalue weighted by atomic mass is 10.1. The topological polar surface area (TPSA) is 58.4 Å². The Morgan fingerprint density at radius 1 is 1.04 bits per heavy atom. The summed E-state index contributed by atoms with van der Waals surface area (Å²) in [6.07, 6.45) is 3.21. The highest BCUT2D eigenvalue weighted by atomic mass is 19.1. The molecule has 0 aliphatic carbocycles. The van der Waals surface area contributed by atoms with Crippen LogP contribution in [0.1, 0.15) is 20.7 Å². The number of nitrogens with zero attached hydrogens (tertiary/aromatic N) is 4. The first-order valence-electron chi connectivity index (χ1n) is 7.37. The lowest BCUT2D eigenvalue weighted by Gasteiger charge is -2.34. The zero-order valence-electron chi connectivity index (χ0n) is 12.8. The van der Waals surface area contributed by atoms with Crippen LogP contribution in [0.5, 0.6) is 0 Å². The number of aryl methyl sites for hydroxylation is 1. The Bertz CT molecular complexity index is 735. The van der Waals surface area contributed by atoms with Gasteiger partial charge in [-0.3, -0.25) is 14.3 Å². The number of hydrogen-bond donors (Lipinski definition) is 0. The predicted molar refractivity (Wildman–Crippen MR) is 81.4 cm³/mol. The average Bonchev–Trinajstić information content (AvgIpc) is 3.00. The van der Waals surface area contributed by atoms with Gasteiger partial charge < -0.3 is 9.80 Å². The second-order valence-corrected chi connectivity index (χ2v) is 5.50. The van der Waals surface area contributed by atoms with Crippen molar-refractivity contribution in [3.63, 3.8) is 0 Å². The van der Waals surface area contributed by atoms with E-state index in [4.69, 9.17) is 0 Å². The summed E-state index contributed by atoms with van der Waals surface area (Å²) < 4.78 is 14.8. The maximum atomic E-state index is 13.2. The molecule has 6 nitrogen and oxygen atoms in total. The van der Waals surface area contributed by atoms with Gasteiger partial charge in [-0.1, -0.05) is 6.07 Å². The van der Waals surface area contributed by atoms with E-state index in [2.05, 4.69) is 5.10 Å². The van der Waals surface area contributed by atoms with Crippen LogP contribution in [0.25, 0.3) is 0 Å². The number of piperazine rings is 1. The van der Waals surface area contributed by atoms with Crippen LogP contribution >= 0.6 is 0 Å². The van der Waals surface area contributed by atoms with Crippen LogP contribution in [0.2, 0.25) is 0 Å². The molecule has 1 aliphatic heterocycles. The monoisotopic (exact) mass is 316 g/mol. The lowest BCUT2D eigenvalue weighted by molar-refractivity contribution is 0.0535. The third kappa shape index (κ3) is 3.23. The summed E-state index contributed by atoms with van der Waals surface area (Å²) in [7, 11) is 1.76. The van der Waals surface area contributed by atoms with Crippen molar-refractivity contribution in [2.45, 2.75) is 0 Å². The van der Waals surface area contributed by atoms with Crippen molar-refractivity contribution < 1.29 is 14.0 Å². The number of amides is 2. The van der Waals surface area contributed by atoms with E-state index in [9.17, 15) is 14.0 Å². The van der Waals surface area contributed by atoms with Gasteiger partial charge in [0.2, 0.25) is 0 Å². The number of halogens is 1. The predicted octanol–water partition coefficient (Wildman–Crippen LogP) is 1.16. The first kappa shape index (κ1) is 15.2. The molecule has 2 heterocycles. The quantitative estimate of drug-likeness (QED) is 0.835. The van der Waals surface area contributed by atoms with Gasteiger partial charge in [0, 0.05) is 45.0 Å². The minimum absolute atomic E-state index is 0.0871. The number of aromatic nitrogens is 2. The number of rotatable bonds is 2. The minimum Gasteiger partial charge on any atom is -0.335 e. The molecule has 0 atom stereocenters. The van der Waals surface area contributed by atoms with Gasteiger partial charge in [-0.2, -0.15) is 5.10 Å². The molecule has 0 spiro atoms. The molecule has 0 radical (unpaired) electrons. The Labute approximate surface area is 133 Å². The molecule has 1 aromatic heterocycles. The van der Waals surface area contributed by atoms with Gasteiger partial charge in [-0.15, -0.1) is 0 Å². The first-order valence-corrected chi connectivity index (χ1v) is 7.37. The van der Waals surface area contributed by atoms with Crippen LogP contribution in [0.3, 0.4) is 0 Å². The largest absolute Gasteiger partial charge is 0.335 e. The van der Waals surface area contributed by atoms with Crippen molar-refractivity contribution in [1.82, 2.24) is 19.6 Å². The van der Waals surface area contributed by atoms with E-state index in [1.807, 2.05) is 0 Å². The third-order valence-electron chi connectivity index (χ3n) is 3.88. The fourth-order valence-electron chi connectivity index (χ4n) is 2.63. The Morgan fingerprint density at radius 2 is 1.65 bits per heavy atom. The van der Waals surface area contributed by atoms with Gasteiger partial charge in [-0.25, -0.2) is 4.39 Å². The Balaban J connectivity index is 1.62. The lowest BCUT2D eigenvalue weighted by Crippen LogP contribution is -2.50. The summed E-state index contributed by atoms with van der Waals surface area (Å²) in [5.74, 6) is -0.727. The van der Waals surface area contributed by atoms with Crippen molar-refractivity contribution in [1.29, 1.82) is 0 Å². The Kier molecular flexibility index (Phi) is 4.10. The van der Waals surface area contributed by atoms with E-state index in [0.29, 0.717) is 37.3 Å². The number of benzene rings is 1. The molecule has 120 valence electrons. The fraction of sp³-hybridized carbons (Fsp3) is 0.312. The van der Waals surface area contributed by atoms with Crippen LogP contribution in [-0.2, 0) is 7.05 Å². The number of carbonyl (C=O) groups is 2. The van der Waals surface area contributed by atoms with Crippen LogP contribution in [-0.4, -0.2) is 57.6 Å². The van der Waals surface area contributed by atoms with Crippen LogP contribution in [0.15, 0.2) is 36.7 Å². The minimum atomic E-state index is -0.429. The smallest absolute Gasteiger partial charge is 0.257 e. The Hall–Kier alpha value is -2.70. The molecule has 0 N–H and O–H groups in total.